The lowest BCUT2D eigenvalue weighted by Crippen LogP contribution is -2.45. The smallest absolute Gasteiger partial charge is 0.255 e. The number of nitrogens with zero attached hydrogens (tertiary/aromatic N) is 4. The zero-order valence-corrected chi connectivity index (χ0v) is 16.2. The molecule has 1 spiro atoms. The molecule has 4 rings (SSSR count). The van der Waals surface area contributed by atoms with Gasteiger partial charge < -0.3 is 19.3 Å². The van der Waals surface area contributed by atoms with Gasteiger partial charge in [0.2, 0.25) is 0 Å². The third-order valence-corrected chi connectivity index (χ3v) is 5.51. The normalized spacial score (nSPS) is 18.4. The van der Waals surface area contributed by atoms with Crippen molar-refractivity contribution in [2.75, 3.05) is 44.8 Å². The SMILES string of the molecule is CN(CCc1ccncc1)C(=O)c1cncc(N2CCC3(CC2)OCCO3)c1. The minimum atomic E-state index is -0.398. The van der Waals surface area contributed by atoms with E-state index in [-0.39, 0.29) is 5.91 Å². The van der Waals surface area contributed by atoms with Crippen molar-refractivity contribution in [2.24, 2.45) is 0 Å². The van der Waals surface area contributed by atoms with Crippen LogP contribution in [-0.4, -0.2) is 66.5 Å². The van der Waals surface area contributed by atoms with Gasteiger partial charge in [-0.05, 0) is 30.2 Å². The number of rotatable bonds is 5. The van der Waals surface area contributed by atoms with E-state index in [1.807, 2.05) is 31.4 Å². The zero-order chi connectivity index (χ0) is 19.4. The summed E-state index contributed by atoms with van der Waals surface area (Å²) in [6.45, 7) is 3.66. The summed E-state index contributed by atoms with van der Waals surface area (Å²) >= 11 is 0. The fourth-order valence-corrected chi connectivity index (χ4v) is 3.78. The van der Waals surface area contributed by atoms with Crippen LogP contribution in [0.4, 0.5) is 5.69 Å². The van der Waals surface area contributed by atoms with E-state index in [4.69, 9.17) is 9.47 Å². The molecule has 7 heteroatoms. The van der Waals surface area contributed by atoms with Crippen LogP contribution in [0.15, 0.2) is 43.0 Å². The Labute approximate surface area is 165 Å². The molecule has 2 saturated heterocycles. The first-order valence-corrected chi connectivity index (χ1v) is 9.78. The Kier molecular flexibility index (Phi) is 5.54. The molecule has 4 heterocycles. The van der Waals surface area contributed by atoms with E-state index in [0.29, 0.717) is 25.3 Å². The fourth-order valence-electron chi connectivity index (χ4n) is 3.78. The van der Waals surface area contributed by atoms with Gasteiger partial charge in [0, 0.05) is 58.1 Å². The van der Waals surface area contributed by atoms with Crippen LogP contribution in [0.5, 0.6) is 0 Å². The number of likely N-dealkylation sites (N-methyl/N-ethyl adjacent to an activating group) is 1. The van der Waals surface area contributed by atoms with Crippen molar-refractivity contribution in [3.8, 4) is 0 Å². The first-order chi connectivity index (χ1) is 13.7. The summed E-state index contributed by atoms with van der Waals surface area (Å²) in [7, 11) is 1.83. The van der Waals surface area contributed by atoms with E-state index in [2.05, 4.69) is 14.9 Å². The first kappa shape index (κ1) is 18.8. The lowest BCUT2D eigenvalue weighted by molar-refractivity contribution is -0.169. The highest BCUT2D eigenvalue weighted by Gasteiger charge is 2.39. The molecule has 0 aliphatic carbocycles. The second-order valence-corrected chi connectivity index (χ2v) is 7.36. The van der Waals surface area contributed by atoms with Gasteiger partial charge in [0.05, 0.1) is 30.7 Å². The second-order valence-electron chi connectivity index (χ2n) is 7.36. The minimum Gasteiger partial charge on any atom is -0.370 e. The molecule has 0 radical (unpaired) electrons. The van der Waals surface area contributed by atoms with Crippen LogP contribution in [-0.2, 0) is 15.9 Å². The number of hydrogen-bond donors (Lipinski definition) is 0. The van der Waals surface area contributed by atoms with Gasteiger partial charge in [0.15, 0.2) is 5.79 Å². The fraction of sp³-hybridized carbons (Fsp3) is 0.476. The second kappa shape index (κ2) is 8.24. The number of hydrogen-bond acceptors (Lipinski definition) is 6. The van der Waals surface area contributed by atoms with E-state index in [1.54, 1.807) is 23.5 Å². The van der Waals surface area contributed by atoms with Crippen molar-refractivity contribution in [1.82, 2.24) is 14.9 Å². The molecule has 28 heavy (non-hydrogen) atoms. The van der Waals surface area contributed by atoms with Crippen LogP contribution in [0.25, 0.3) is 0 Å². The Morgan fingerprint density at radius 1 is 1.14 bits per heavy atom. The number of amides is 1. The molecule has 7 nitrogen and oxygen atoms in total. The zero-order valence-electron chi connectivity index (χ0n) is 16.2. The highest BCUT2D eigenvalue weighted by molar-refractivity contribution is 5.94. The van der Waals surface area contributed by atoms with Gasteiger partial charge in [0.1, 0.15) is 0 Å². The highest BCUT2D eigenvalue weighted by atomic mass is 16.7. The third-order valence-electron chi connectivity index (χ3n) is 5.51. The number of carbonyl (C=O) groups is 1. The Morgan fingerprint density at radius 3 is 2.57 bits per heavy atom. The van der Waals surface area contributed by atoms with Gasteiger partial charge in [-0.25, -0.2) is 0 Å². The molecule has 1 amide bonds. The predicted molar refractivity (Wildman–Crippen MR) is 105 cm³/mol. The molecule has 0 aromatic carbocycles. The van der Waals surface area contributed by atoms with E-state index >= 15 is 0 Å². The molecule has 2 aliphatic heterocycles. The average molecular weight is 382 g/mol. The standard InChI is InChI=1S/C21H26N4O3/c1-24(9-4-17-2-7-22-8-3-17)20(26)18-14-19(16-23-15-18)25-10-5-21(6-11-25)27-12-13-28-21/h2-3,7-8,14-16H,4-6,9-13H2,1H3. The van der Waals surface area contributed by atoms with Crippen molar-refractivity contribution in [3.63, 3.8) is 0 Å². The van der Waals surface area contributed by atoms with Gasteiger partial charge >= 0.3 is 0 Å². The minimum absolute atomic E-state index is 0.0145. The van der Waals surface area contributed by atoms with Crippen LogP contribution in [0, 0.1) is 0 Å². The number of carbonyl (C=O) groups excluding carboxylic acids is 1. The van der Waals surface area contributed by atoms with Crippen LogP contribution in [0.3, 0.4) is 0 Å². The number of aromatic nitrogens is 2. The van der Waals surface area contributed by atoms with Gasteiger partial charge in [-0.1, -0.05) is 0 Å². The van der Waals surface area contributed by atoms with Crippen LogP contribution >= 0.6 is 0 Å². The highest BCUT2D eigenvalue weighted by Crippen LogP contribution is 2.33. The Balaban J connectivity index is 1.37. The monoisotopic (exact) mass is 382 g/mol. The number of piperidine rings is 1. The van der Waals surface area contributed by atoms with Crippen molar-refractivity contribution in [2.45, 2.75) is 25.0 Å². The number of pyridine rings is 2. The Hall–Kier alpha value is -2.51. The number of ether oxygens (including phenoxy) is 2. The molecular weight excluding hydrogens is 356 g/mol. The third kappa shape index (κ3) is 4.15. The molecule has 0 unspecified atom stereocenters. The van der Waals surface area contributed by atoms with E-state index in [9.17, 15) is 4.79 Å². The molecule has 2 aromatic rings. The van der Waals surface area contributed by atoms with Gasteiger partial charge in [0.25, 0.3) is 5.91 Å². The predicted octanol–water partition coefficient (Wildman–Crippen LogP) is 2.13. The maximum Gasteiger partial charge on any atom is 0.255 e. The summed E-state index contributed by atoms with van der Waals surface area (Å²) in [6, 6.07) is 5.88. The van der Waals surface area contributed by atoms with Gasteiger partial charge in [-0.3, -0.25) is 14.8 Å². The maximum absolute atomic E-state index is 12.8. The summed E-state index contributed by atoms with van der Waals surface area (Å²) < 4.78 is 11.6. The molecule has 2 fully saturated rings. The lowest BCUT2D eigenvalue weighted by Gasteiger charge is -2.38. The topological polar surface area (TPSA) is 67.8 Å². The quantitative estimate of drug-likeness (QED) is 0.789. The summed E-state index contributed by atoms with van der Waals surface area (Å²) in [5.41, 5.74) is 2.75. The van der Waals surface area contributed by atoms with Crippen molar-refractivity contribution >= 4 is 11.6 Å². The van der Waals surface area contributed by atoms with Crippen molar-refractivity contribution in [1.29, 1.82) is 0 Å². The summed E-state index contributed by atoms with van der Waals surface area (Å²) in [5, 5.41) is 0. The first-order valence-electron chi connectivity index (χ1n) is 9.78. The number of anilines is 1. The Morgan fingerprint density at radius 2 is 1.86 bits per heavy atom. The molecule has 0 saturated carbocycles. The van der Waals surface area contributed by atoms with Crippen LogP contribution in [0.1, 0.15) is 28.8 Å². The van der Waals surface area contributed by atoms with E-state index in [1.165, 1.54) is 5.56 Å². The molecule has 0 bridgehead atoms. The molecule has 148 valence electrons. The Bertz CT molecular complexity index is 798. The molecule has 2 aliphatic rings. The van der Waals surface area contributed by atoms with Crippen LogP contribution < -0.4 is 4.90 Å². The summed E-state index contributed by atoms with van der Waals surface area (Å²) in [6.07, 6.45) is 9.47. The molecule has 2 aromatic heterocycles. The van der Waals surface area contributed by atoms with Crippen molar-refractivity contribution in [3.05, 3.63) is 54.1 Å². The van der Waals surface area contributed by atoms with E-state index in [0.717, 1.165) is 38.0 Å². The summed E-state index contributed by atoms with van der Waals surface area (Å²) in [5.74, 6) is -0.413. The molecule has 0 N–H and O–H groups in total. The lowest BCUT2D eigenvalue weighted by atomic mass is 10.0. The largest absolute Gasteiger partial charge is 0.370 e. The maximum atomic E-state index is 12.8. The van der Waals surface area contributed by atoms with Crippen molar-refractivity contribution < 1.29 is 14.3 Å². The summed E-state index contributed by atoms with van der Waals surface area (Å²) in [4.78, 5) is 25.1. The average Bonchev–Trinajstić information content (AvgIpc) is 3.20. The molecule has 0 atom stereocenters. The van der Waals surface area contributed by atoms with E-state index < -0.39 is 5.79 Å². The van der Waals surface area contributed by atoms with Gasteiger partial charge in [-0.2, -0.15) is 0 Å². The molecular formula is C21H26N4O3. The van der Waals surface area contributed by atoms with Crippen LogP contribution in [0.2, 0.25) is 0 Å². The van der Waals surface area contributed by atoms with Gasteiger partial charge in [-0.15, -0.1) is 0 Å².